The lowest BCUT2D eigenvalue weighted by molar-refractivity contribution is 0.412. The number of nitrogens with zero attached hydrogens (tertiary/aromatic N) is 3. The zero-order valence-corrected chi connectivity index (χ0v) is 21.0. The van der Waals surface area contributed by atoms with Crippen LogP contribution in [0.5, 0.6) is 17.2 Å². The molecule has 0 fully saturated rings. The third-order valence-electron chi connectivity index (χ3n) is 6.21. The largest absolute Gasteiger partial charge is 0.497 e. The minimum atomic E-state index is -3.71. The maximum atomic E-state index is 11.7. The van der Waals surface area contributed by atoms with Crippen molar-refractivity contribution in [3.05, 3.63) is 77.9 Å². The van der Waals surface area contributed by atoms with Crippen molar-refractivity contribution in [1.82, 2.24) is 4.90 Å². The van der Waals surface area contributed by atoms with E-state index in [0.717, 1.165) is 40.1 Å². The van der Waals surface area contributed by atoms with Crippen LogP contribution in [0.3, 0.4) is 0 Å². The highest BCUT2D eigenvalue weighted by Gasteiger charge is 2.49. The van der Waals surface area contributed by atoms with Crippen molar-refractivity contribution in [2.24, 2.45) is 15.7 Å². The lowest BCUT2D eigenvalue weighted by Crippen LogP contribution is -2.41. The number of fused-ring (bicyclic) bond motifs is 1. The van der Waals surface area contributed by atoms with Gasteiger partial charge in [0.1, 0.15) is 23.1 Å². The lowest BCUT2D eigenvalue weighted by atomic mass is 9.81. The predicted molar refractivity (Wildman–Crippen MR) is 138 cm³/mol. The van der Waals surface area contributed by atoms with Crippen LogP contribution in [0.25, 0.3) is 11.1 Å². The molecule has 3 aromatic carbocycles. The Hall–Kier alpha value is -4.05. The number of methoxy groups -OCH3 is 2. The molecule has 2 aliphatic heterocycles. The van der Waals surface area contributed by atoms with Gasteiger partial charge in [-0.15, -0.1) is 0 Å². The first kappa shape index (κ1) is 23.7. The van der Waals surface area contributed by atoms with E-state index in [9.17, 15) is 8.42 Å². The number of benzene rings is 3. The Morgan fingerprint density at radius 2 is 1.61 bits per heavy atom. The summed E-state index contributed by atoms with van der Waals surface area (Å²) in [6, 6.07) is 20.6. The molecule has 0 bridgehead atoms. The molecule has 0 aromatic heterocycles. The summed E-state index contributed by atoms with van der Waals surface area (Å²) in [7, 11) is -0.570. The Balaban J connectivity index is 1.67. The van der Waals surface area contributed by atoms with Crippen molar-refractivity contribution in [3.8, 4) is 28.4 Å². The van der Waals surface area contributed by atoms with Gasteiger partial charge < -0.3 is 19.4 Å². The van der Waals surface area contributed by atoms with Gasteiger partial charge in [0.05, 0.1) is 27.0 Å². The van der Waals surface area contributed by atoms with E-state index in [-0.39, 0.29) is 5.75 Å². The number of rotatable bonds is 7. The van der Waals surface area contributed by atoms with Gasteiger partial charge >= 0.3 is 10.1 Å². The zero-order valence-electron chi connectivity index (χ0n) is 20.1. The zero-order chi connectivity index (χ0) is 25.5. The van der Waals surface area contributed by atoms with Crippen molar-refractivity contribution in [1.29, 1.82) is 0 Å². The Bertz CT molecular complexity index is 1480. The second kappa shape index (κ2) is 8.87. The van der Waals surface area contributed by atoms with E-state index in [2.05, 4.69) is 0 Å². The summed E-state index contributed by atoms with van der Waals surface area (Å²) in [6.45, 7) is 1.30. The van der Waals surface area contributed by atoms with E-state index in [1.54, 1.807) is 13.2 Å². The van der Waals surface area contributed by atoms with Crippen LogP contribution in [-0.2, 0) is 15.7 Å². The molecule has 0 saturated heterocycles. The maximum Gasteiger partial charge on any atom is 0.306 e. The van der Waals surface area contributed by atoms with Crippen LogP contribution < -0.4 is 19.4 Å². The fourth-order valence-electron chi connectivity index (χ4n) is 4.65. The summed E-state index contributed by atoms with van der Waals surface area (Å²) in [5, 5.41) is 0. The van der Waals surface area contributed by atoms with Gasteiger partial charge in [-0.1, -0.05) is 30.3 Å². The van der Waals surface area contributed by atoms with E-state index in [1.165, 1.54) is 13.2 Å². The second-order valence-electron chi connectivity index (χ2n) is 8.53. The number of ether oxygens (including phenoxy) is 2. The molecule has 0 aliphatic carbocycles. The monoisotopic (exact) mass is 506 g/mol. The molecule has 2 heterocycles. The van der Waals surface area contributed by atoms with Crippen LogP contribution in [0.4, 0.5) is 0 Å². The summed E-state index contributed by atoms with van der Waals surface area (Å²) in [6.07, 6.45) is 1.00. The third-order valence-corrected chi connectivity index (χ3v) is 6.70. The molecule has 2 aliphatic rings. The van der Waals surface area contributed by atoms with Crippen molar-refractivity contribution in [3.63, 3.8) is 0 Å². The first-order valence-electron chi connectivity index (χ1n) is 11.3. The summed E-state index contributed by atoms with van der Waals surface area (Å²) in [5.41, 5.74) is 8.75. The minimum absolute atomic E-state index is 0.164. The number of hydrogen-bond acceptors (Lipinski definition) is 9. The molecule has 9 nitrogen and oxygen atoms in total. The van der Waals surface area contributed by atoms with Gasteiger partial charge in [-0.05, 0) is 52.6 Å². The summed E-state index contributed by atoms with van der Waals surface area (Å²) < 4.78 is 39.4. The summed E-state index contributed by atoms with van der Waals surface area (Å²) >= 11 is 0. The Morgan fingerprint density at radius 1 is 0.889 bits per heavy atom. The SMILES string of the molecule is COc1ccc(C2(c3cccc(-c4cc(OC)cc(OS(C)(=O)=O)c4)c3)N=C(N)N3CCN=C32)cc1. The van der Waals surface area contributed by atoms with Crippen molar-refractivity contribution in [2.75, 3.05) is 33.6 Å². The average Bonchev–Trinajstić information content (AvgIpc) is 3.46. The van der Waals surface area contributed by atoms with E-state index < -0.39 is 15.7 Å². The molecule has 0 spiro atoms. The van der Waals surface area contributed by atoms with Gasteiger partial charge in [0, 0.05) is 12.6 Å². The van der Waals surface area contributed by atoms with Gasteiger partial charge in [0.25, 0.3) is 0 Å². The van der Waals surface area contributed by atoms with E-state index >= 15 is 0 Å². The van der Waals surface area contributed by atoms with Gasteiger partial charge in [0.15, 0.2) is 11.5 Å². The van der Waals surface area contributed by atoms with Crippen molar-refractivity contribution >= 4 is 21.9 Å². The van der Waals surface area contributed by atoms with E-state index in [1.807, 2.05) is 59.5 Å². The number of aliphatic imine (C=N–C) groups is 2. The molecular formula is C26H26N4O5S. The van der Waals surface area contributed by atoms with Crippen LogP contribution in [0.2, 0.25) is 0 Å². The molecule has 0 amide bonds. The molecule has 10 heteroatoms. The standard InChI is InChI=1S/C26H26N4O5S/c1-33-21-9-7-19(8-10-21)26(24-28-11-12-30(24)25(27)29-26)20-6-4-5-17(13-20)18-14-22(34-2)16-23(15-18)35-36(3,31)32/h4-10,13-16H,11-12H2,1-3H3,(H2,27,29). The minimum Gasteiger partial charge on any atom is -0.497 e. The molecule has 3 aromatic rings. The number of guanidine groups is 1. The fourth-order valence-corrected chi connectivity index (χ4v) is 5.10. The highest BCUT2D eigenvalue weighted by atomic mass is 32.2. The number of hydrogen-bond donors (Lipinski definition) is 1. The molecule has 0 radical (unpaired) electrons. The Morgan fingerprint density at radius 3 is 2.31 bits per heavy atom. The van der Waals surface area contributed by atoms with Gasteiger partial charge in [-0.2, -0.15) is 8.42 Å². The van der Waals surface area contributed by atoms with Crippen molar-refractivity contribution < 1.29 is 22.1 Å². The van der Waals surface area contributed by atoms with Gasteiger partial charge in [-0.25, -0.2) is 4.99 Å². The van der Waals surface area contributed by atoms with Crippen LogP contribution in [0.1, 0.15) is 11.1 Å². The highest BCUT2D eigenvalue weighted by Crippen LogP contribution is 2.43. The Kier molecular flexibility index (Phi) is 5.83. The maximum absolute atomic E-state index is 11.7. The molecule has 5 rings (SSSR count). The van der Waals surface area contributed by atoms with Crippen LogP contribution in [0, 0.1) is 0 Å². The topological polar surface area (TPSA) is 116 Å². The second-order valence-corrected chi connectivity index (χ2v) is 10.1. The lowest BCUT2D eigenvalue weighted by Gasteiger charge is -2.29. The average molecular weight is 507 g/mol. The molecule has 1 atom stereocenters. The number of amidine groups is 1. The smallest absolute Gasteiger partial charge is 0.306 e. The quantitative estimate of drug-likeness (QED) is 0.490. The molecule has 0 saturated carbocycles. The predicted octanol–water partition coefficient (Wildman–Crippen LogP) is 3.00. The summed E-state index contributed by atoms with van der Waals surface area (Å²) in [5.74, 6) is 2.55. The molecule has 36 heavy (non-hydrogen) atoms. The number of nitrogens with two attached hydrogens (primary N) is 1. The molecule has 186 valence electrons. The normalized spacial score (nSPS) is 18.9. The van der Waals surface area contributed by atoms with Gasteiger partial charge in [0.2, 0.25) is 0 Å². The first-order chi connectivity index (χ1) is 17.2. The van der Waals surface area contributed by atoms with Gasteiger partial charge in [-0.3, -0.25) is 9.89 Å². The summed E-state index contributed by atoms with van der Waals surface area (Å²) in [4.78, 5) is 11.7. The van der Waals surface area contributed by atoms with Crippen molar-refractivity contribution in [2.45, 2.75) is 5.54 Å². The molecular weight excluding hydrogens is 480 g/mol. The van der Waals surface area contributed by atoms with E-state index in [0.29, 0.717) is 24.8 Å². The van der Waals surface area contributed by atoms with Crippen LogP contribution in [0.15, 0.2) is 76.7 Å². The van der Waals surface area contributed by atoms with E-state index in [4.69, 9.17) is 29.4 Å². The molecule has 2 N–H and O–H groups in total. The Labute approximate surface area is 210 Å². The van der Waals surface area contributed by atoms with Crippen LogP contribution >= 0.6 is 0 Å². The van der Waals surface area contributed by atoms with Crippen LogP contribution in [-0.4, -0.2) is 58.7 Å². The first-order valence-corrected chi connectivity index (χ1v) is 13.1. The highest BCUT2D eigenvalue weighted by molar-refractivity contribution is 7.86. The third kappa shape index (κ3) is 4.13. The molecule has 1 unspecified atom stereocenters. The fraction of sp³-hybridized carbons (Fsp3) is 0.231.